The van der Waals surface area contributed by atoms with Crippen LogP contribution in [0.25, 0.3) is 0 Å². The first-order valence-electron chi connectivity index (χ1n) is 7.06. The highest BCUT2D eigenvalue weighted by Gasteiger charge is 2.11. The van der Waals surface area contributed by atoms with Gasteiger partial charge in [-0.15, -0.1) is 0 Å². The molecule has 0 saturated heterocycles. The number of ether oxygens (including phenoxy) is 1. The second kappa shape index (κ2) is 8.14. The van der Waals surface area contributed by atoms with Crippen molar-refractivity contribution in [1.29, 1.82) is 0 Å². The predicted molar refractivity (Wildman–Crippen MR) is 83.8 cm³/mol. The maximum Gasteiger partial charge on any atom is 0.413 e. The summed E-state index contributed by atoms with van der Waals surface area (Å²) in [6, 6.07) is 6.85. The number of nitrogens with zero attached hydrogens (tertiary/aromatic N) is 1. The quantitative estimate of drug-likeness (QED) is 0.875. The summed E-state index contributed by atoms with van der Waals surface area (Å²) < 4.78 is 4.92. The van der Waals surface area contributed by atoms with Crippen molar-refractivity contribution in [1.82, 2.24) is 5.32 Å². The molecule has 6 heteroatoms. The maximum atomic E-state index is 11.7. The first kappa shape index (κ1) is 16.8. The largest absolute Gasteiger partial charge is 0.449 e. The standard InChI is InChI=1S/C15H23N3O3/c1-5-11(3)16-14(19)17-12-7-9-13(10-8-12)18(4)15(20)21-6-2/h7-11H,5-6H2,1-4H3,(H2,16,17,19)/t11-/m1/s1. The van der Waals surface area contributed by atoms with E-state index < -0.39 is 6.09 Å². The summed E-state index contributed by atoms with van der Waals surface area (Å²) in [5, 5.41) is 5.56. The highest BCUT2D eigenvalue weighted by Crippen LogP contribution is 2.17. The molecule has 0 spiro atoms. The number of rotatable bonds is 5. The van der Waals surface area contributed by atoms with Gasteiger partial charge in [0.05, 0.1) is 6.61 Å². The Balaban J connectivity index is 2.61. The molecule has 1 rings (SSSR count). The first-order valence-corrected chi connectivity index (χ1v) is 7.06. The maximum absolute atomic E-state index is 11.7. The number of hydrogen-bond donors (Lipinski definition) is 2. The van der Waals surface area contributed by atoms with Crippen molar-refractivity contribution < 1.29 is 14.3 Å². The van der Waals surface area contributed by atoms with Gasteiger partial charge in [0.2, 0.25) is 0 Å². The van der Waals surface area contributed by atoms with Crippen molar-refractivity contribution in [2.75, 3.05) is 23.9 Å². The lowest BCUT2D eigenvalue weighted by Crippen LogP contribution is -2.35. The molecule has 0 unspecified atom stereocenters. The van der Waals surface area contributed by atoms with Gasteiger partial charge in [0.25, 0.3) is 0 Å². The number of hydrogen-bond acceptors (Lipinski definition) is 3. The van der Waals surface area contributed by atoms with Gasteiger partial charge in [0.15, 0.2) is 0 Å². The number of carbonyl (C=O) groups is 2. The fourth-order valence-electron chi connectivity index (χ4n) is 1.59. The second-order valence-electron chi connectivity index (χ2n) is 4.71. The molecule has 1 aromatic rings. The number of anilines is 2. The molecule has 0 aliphatic rings. The lowest BCUT2D eigenvalue weighted by molar-refractivity contribution is 0.161. The molecular weight excluding hydrogens is 270 g/mol. The Morgan fingerprint density at radius 1 is 1.24 bits per heavy atom. The van der Waals surface area contributed by atoms with E-state index in [-0.39, 0.29) is 12.1 Å². The highest BCUT2D eigenvalue weighted by atomic mass is 16.6. The third-order valence-electron chi connectivity index (χ3n) is 3.04. The van der Waals surface area contributed by atoms with Gasteiger partial charge in [-0.1, -0.05) is 6.92 Å². The summed E-state index contributed by atoms with van der Waals surface area (Å²) >= 11 is 0. The molecule has 6 nitrogen and oxygen atoms in total. The van der Waals surface area contributed by atoms with Gasteiger partial charge in [-0.05, 0) is 44.5 Å². The Kier molecular flexibility index (Phi) is 6.52. The molecule has 0 saturated carbocycles. The topological polar surface area (TPSA) is 70.7 Å². The minimum absolute atomic E-state index is 0.124. The molecule has 2 N–H and O–H groups in total. The van der Waals surface area contributed by atoms with Crippen LogP contribution < -0.4 is 15.5 Å². The van der Waals surface area contributed by atoms with Crippen molar-refractivity contribution in [3.8, 4) is 0 Å². The Labute approximate surface area is 125 Å². The molecule has 0 heterocycles. The van der Waals surface area contributed by atoms with E-state index >= 15 is 0 Å². The second-order valence-corrected chi connectivity index (χ2v) is 4.71. The number of carbonyl (C=O) groups excluding carboxylic acids is 2. The van der Waals surface area contributed by atoms with Gasteiger partial charge in [-0.25, -0.2) is 9.59 Å². The van der Waals surface area contributed by atoms with Crippen LogP contribution in [0.15, 0.2) is 24.3 Å². The van der Waals surface area contributed by atoms with E-state index in [0.717, 1.165) is 6.42 Å². The number of urea groups is 1. The van der Waals surface area contributed by atoms with Crippen LogP contribution in [0.2, 0.25) is 0 Å². The fraction of sp³-hybridized carbons (Fsp3) is 0.467. The zero-order valence-electron chi connectivity index (χ0n) is 13.0. The average molecular weight is 293 g/mol. The summed E-state index contributed by atoms with van der Waals surface area (Å²) in [5.74, 6) is 0. The van der Waals surface area contributed by atoms with Crippen LogP contribution in [0, 0.1) is 0 Å². The van der Waals surface area contributed by atoms with Crippen LogP contribution in [0.1, 0.15) is 27.2 Å². The molecule has 3 amide bonds. The zero-order valence-corrected chi connectivity index (χ0v) is 13.0. The molecule has 0 aliphatic heterocycles. The van der Waals surface area contributed by atoms with E-state index in [4.69, 9.17) is 4.74 Å². The van der Waals surface area contributed by atoms with Gasteiger partial charge in [-0.3, -0.25) is 4.90 Å². The lowest BCUT2D eigenvalue weighted by atomic mass is 10.2. The van der Waals surface area contributed by atoms with Crippen molar-refractivity contribution in [3.05, 3.63) is 24.3 Å². The molecule has 0 fully saturated rings. The predicted octanol–water partition coefficient (Wildman–Crippen LogP) is 3.20. The van der Waals surface area contributed by atoms with Crippen LogP contribution in [-0.4, -0.2) is 31.8 Å². The molecule has 1 aromatic carbocycles. The monoisotopic (exact) mass is 293 g/mol. The van der Waals surface area contributed by atoms with E-state index in [2.05, 4.69) is 10.6 Å². The molecule has 0 aliphatic carbocycles. The minimum atomic E-state index is -0.410. The normalized spacial score (nSPS) is 11.4. The van der Waals surface area contributed by atoms with Crippen LogP contribution in [0.3, 0.4) is 0 Å². The van der Waals surface area contributed by atoms with Crippen LogP contribution >= 0.6 is 0 Å². The van der Waals surface area contributed by atoms with Crippen molar-refractivity contribution in [2.24, 2.45) is 0 Å². The van der Waals surface area contributed by atoms with E-state index in [1.165, 1.54) is 4.90 Å². The Morgan fingerprint density at radius 2 is 1.86 bits per heavy atom. The van der Waals surface area contributed by atoms with Crippen LogP contribution in [0.4, 0.5) is 21.0 Å². The fourth-order valence-corrected chi connectivity index (χ4v) is 1.59. The Bertz CT molecular complexity index is 474. The van der Waals surface area contributed by atoms with Crippen molar-refractivity contribution in [2.45, 2.75) is 33.2 Å². The van der Waals surface area contributed by atoms with E-state index in [1.807, 2.05) is 13.8 Å². The van der Waals surface area contributed by atoms with Gasteiger partial charge < -0.3 is 15.4 Å². The summed E-state index contributed by atoms with van der Waals surface area (Å²) in [7, 11) is 1.63. The number of amides is 3. The zero-order chi connectivity index (χ0) is 15.8. The van der Waals surface area contributed by atoms with E-state index in [0.29, 0.717) is 18.0 Å². The highest BCUT2D eigenvalue weighted by molar-refractivity contribution is 5.91. The third-order valence-corrected chi connectivity index (χ3v) is 3.04. The summed E-state index contributed by atoms with van der Waals surface area (Å²) in [6.07, 6.45) is 0.462. The lowest BCUT2D eigenvalue weighted by Gasteiger charge is -2.17. The van der Waals surface area contributed by atoms with Gasteiger partial charge >= 0.3 is 12.1 Å². The van der Waals surface area contributed by atoms with Crippen molar-refractivity contribution >= 4 is 23.5 Å². The SMILES string of the molecule is CCOC(=O)N(C)c1ccc(NC(=O)N[C@H](C)CC)cc1. The molecule has 1 atom stereocenters. The molecule has 116 valence electrons. The Hall–Kier alpha value is -2.24. The smallest absolute Gasteiger partial charge is 0.413 e. The Morgan fingerprint density at radius 3 is 2.38 bits per heavy atom. The van der Waals surface area contributed by atoms with Gasteiger partial charge in [0, 0.05) is 24.5 Å². The van der Waals surface area contributed by atoms with Crippen molar-refractivity contribution in [3.63, 3.8) is 0 Å². The summed E-state index contributed by atoms with van der Waals surface area (Å²) in [5.41, 5.74) is 1.36. The summed E-state index contributed by atoms with van der Waals surface area (Å²) in [4.78, 5) is 24.7. The van der Waals surface area contributed by atoms with Gasteiger partial charge in [0.1, 0.15) is 0 Å². The summed E-state index contributed by atoms with van der Waals surface area (Å²) in [6.45, 7) is 6.04. The van der Waals surface area contributed by atoms with Gasteiger partial charge in [-0.2, -0.15) is 0 Å². The minimum Gasteiger partial charge on any atom is -0.449 e. The number of nitrogens with one attached hydrogen (secondary N) is 2. The van der Waals surface area contributed by atoms with Crippen LogP contribution in [0.5, 0.6) is 0 Å². The third kappa shape index (κ3) is 5.33. The first-order chi connectivity index (χ1) is 9.97. The van der Waals surface area contributed by atoms with E-state index in [9.17, 15) is 9.59 Å². The molecule has 0 aromatic heterocycles. The molecule has 21 heavy (non-hydrogen) atoms. The molecule has 0 bridgehead atoms. The number of benzene rings is 1. The molecular formula is C15H23N3O3. The van der Waals surface area contributed by atoms with E-state index in [1.54, 1.807) is 38.2 Å². The van der Waals surface area contributed by atoms with Crippen LogP contribution in [-0.2, 0) is 4.74 Å². The molecule has 0 radical (unpaired) electrons. The average Bonchev–Trinajstić information content (AvgIpc) is 2.47.